The summed E-state index contributed by atoms with van der Waals surface area (Å²) in [6.45, 7) is 2.53. The van der Waals surface area contributed by atoms with Gasteiger partial charge in [0.25, 0.3) is 0 Å². The minimum absolute atomic E-state index is 0.133. The zero-order chi connectivity index (χ0) is 47.0. The van der Waals surface area contributed by atoms with Gasteiger partial charge in [-0.05, 0) is 89.9 Å². The largest absolute Gasteiger partial charge is 0.480 e. The van der Waals surface area contributed by atoms with Gasteiger partial charge in [0.2, 0.25) is 5.91 Å². The average molecular weight is 920 g/mol. The Balaban J connectivity index is 3.88. The first-order chi connectivity index (χ1) is 31.1. The van der Waals surface area contributed by atoms with Crippen molar-refractivity contribution in [1.82, 2.24) is 5.32 Å². The van der Waals surface area contributed by atoms with Crippen LogP contribution in [-0.2, 0) is 32.7 Å². The fraction of sp³-hybridized carbons (Fsp3) is 0.712. The summed E-state index contributed by atoms with van der Waals surface area (Å²) in [4.78, 5) is 46.1. The molecule has 0 aliphatic rings. The zero-order valence-electron chi connectivity index (χ0n) is 40.1. The van der Waals surface area contributed by atoms with E-state index in [1.165, 1.54) is 70.6 Å². The van der Waals surface area contributed by atoms with Gasteiger partial charge in [0.05, 0.1) is 13.2 Å². The van der Waals surface area contributed by atoms with Crippen LogP contribution in [0.3, 0.4) is 0 Å². The normalized spacial score (nSPS) is 14.2. The molecule has 0 aliphatic carbocycles. The quantitative estimate of drug-likeness (QED) is 0.0200. The molecule has 0 heterocycles. The highest BCUT2D eigenvalue weighted by molar-refractivity contribution is 7.47. The third-order valence-electron chi connectivity index (χ3n) is 10.5. The van der Waals surface area contributed by atoms with Crippen molar-refractivity contribution in [2.75, 3.05) is 19.8 Å². The van der Waals surface area contributed by atoms with E-state index in [0.29, 0.717) is 12.8 Å². The number of phosphoric ester groups is 1. The number of carboxylic acid groups (broad SMARTS) is 1. The van der Waals surface area contributed by atoms with E-state index < -0.39 is 57.6 Å². The number of carbonyl (C=O) groups is 3. The molecule has 1 amide bonds. The molecule has 0 spiro atoms. The predicted octanol–water partition coefficient (Wildman–Crippen LogP) is 13.7. The van der Waals surface area contributed by atoms with Gasteiger partial charge >= 0.3 is 19.8 Å². The van der Waals surface area contributed by atoms with Gasteiger partial charge in [-0.2, -0.15) is 0 Å². The highest BCUT2D eigenvalue weighted by atomic mass is 31.2. The fourth-order valence-corrected chi connectivity index (χ4v) is 7.34. The average Bonchev–Trinajstić information content (AvgIpc) is 3.27. The van der Waals surface area contributed by atoms with E-state index in [1.54, 1.807) is 0 Å². The molecule has 0 aliphatic heterocycles. The summed E-state index contributed by atoms with van der Waals surface area (Å²) in [5, 5.41) is 21.9. The summed E-state index contributed by atoms with van der Waals surface area (Å²) in [6, 6.07) is -1.56. The number of aliphatic hydroxyl groups is 1. The Bertz CT molecular complexity index is 1360. The summed E-state index contributed by atoms with van der Waals surface area (Å²) in [5.74, 6) is -2.40. The van der Waals surface area contributed by atoms with Crippen LogP contribution in [0.5, 0.6) is 0 Å². The lowest BCUT2D eigenvalue weighted by molar-refractivity contribution is -0.147. The number of carboxylic acids is 1. The van der Waals surface area contributed by atoms with E-state index in [-0.39, 0.29) is 12.8 Å². The maximum atomic E-state index is 12.3. The fourth-order valence-electron chi connectivity index (χ4n) is 6.56. The molecular weight excluding hydrogens is 830 g/mol. The van der Waals surface area contributed by atoms with E-state index in [0.717, 1.165) is 96.3 Å². The van der Waals surface area contributed by atoms with Crippen molar-refractivity contribution in [2.45, 2.75) is 219 Å². The molecule has 368 valence electrons. The number of hydrogen-bond donors (Lipinski definition) is 4. The van der Waals surface area contributed by atoms with Gasteiger partial charge in [-0.1, -0.05) is 177 Å². The second-order valence-electron chi connectivity index (χ2n) is 16.6. The van der Waals surface area contributed by atoms with Crippen LogP contribution in [-0.4, -0.2) is 64.9 Å². The minimum Gasteiger partial charge on any atom is -0.480 e. The SMILES string of the molecule is CCCCC/C=C\C/C=C\C/C=C\C/C=C\CCCCCCCCCC(=O)OCC(O)COP(=O)(O)OCC(NC(=O)CCCCCCCCC/C=C\C/C=C\CCCCC)C(=O)O. The second-order valence-corrected chi connectivity index (χ2v) is 18.1. The molecule has 0 saturated heterocycles. The van der Waals surface area contributed by atoms with Crippen LogP contribution in [0.15, 0.2) is 72.9 Å². The van der Waals surface area contributed by atoms with Gasteiger partial charge in [-0.3, -0.25) is 18.6 Å². The number of allylic oxidation sites excluding steroid dienone is 12. The number of aliphatic hydroxyl groups excluding tert-OH is 1. The summed E-state index contributed by atoms with van der Waals surface area (Å²) in [5.41, 5.74) is 0. The number of amides is 1. The first kappa shape index (κ1) is 60.9. The van der Waals surface area contributed by atoms with E-state index in [4.69, 9.17) is 13.8 Å². The summed E-state index contributed by atoms with van der Waals surface area (Å²) < 4.78 is 26.9. The molecule has 0 saturated carbocycles. The monoisotopic (exact) mass is 920 g/mol. The predicted molar refractivity (Wildman–Crippen MR) is 263 cm³/mol. The lowest BCUT2D eigenvalue weighted by Gasteiger charge is -2.18. The summed E-state index contributed by atoms with van der Waals surface area (Å²) >= 11 is 0. The number of hydrogen-bond acceptors (Lipinski definition) is 8. The smallest absolute Gasteiger partial charge is 0.472 e. The molecular formula is C52H90NO10P. The van der Waals surface area contributed by atoms with Crippen LogP contribution in [0, 0.1) is 0 Å². The Kier molecular flexibility index (Phi) is 44.2. The molecule has 0 aromatic rings. The van der Waals surface area contributed by atoms with Gasteiger partial charge in [-0.25, -0.2) is 9.36 Å². The van der Waals surface area contributed by atoms with E-state index >= 15 is 0 Å². The van der Waals surface area contributed by atoms with Gasteiger partial charge in [0, 0.05) is 12.8 Å². The van der Waals surface area contributed by atoms with Gasteiger partial charge in [-0.15, -0.1) is 0 Å². The number of carbonyl (C=O) groups excluding carboxylic acids is 2. The van der Waals surface area contributed by atoms with Crippen molar-refractivity contribution in [3.63, 3.8) is 0 Å². The highest BCUT2D eigenvalue weighted by Crippen LogP contribution is 2.43. The van der Waals surface area contributed by atoms with Crippen LogP contribution in [0.2, 0.25) is 0 Å². The Hall–Kier alpha value is -3.08. The van der Waals surface area contributed by atoms with E-state index in [9.17, 15) is 34.1 Å². The van der Waals surface area contributed by atoms with Gasteiger partial charge < -0.3 is 25.2 Å². The minimum atomic E-state index is -4.77. The van der Waals surface area contributed by atoms with Crippen molar-refractivity contribution in [2.24, 2.45) is 0 Å². The first-order valence-corrected chi connectivity index (χ1v) is 26.5. The molecule has 0 fully saturated rings. The number of rotatable bonds is 46. The van der Waals surface area contributed by atoms with E-state index in [1.807, 2.05) is 0 Å². The third kappa shape index (κ3) is 45.5. The molecule has 3 atom stereocenters. The Morgan fingerprint density at radius 1 is 0.500 bits per heavy atom. The summed E-state index contributed by atoms with van der Waals surface area (Å²) in [6.07, 6.45) is 56.3. The van der Waals surface area contributed by atoms with Crippen molar-refractivity contribution < 1.29 is 47.8 Å². The number of nitrogens with one attached hydrogen (secondary N) is 1. The maximum Gasteiger partial charge on any atom is 0.472 e. The van der Waals surface area contributed by atoms with Crippen LogP contribution in [0.4, 0.5) is 0 Å². The molecule has 11 nitrogen and oxygen atoms in total. The van der Waals surface area contributed by atoms with Gasteiger partial charge in [0.1, 0.15) is 12.7 Å². The standard InChI is InChI=1S/C52H90NO10P/c1-3-5-7-9-11-13-15-17-19-21-22-23-24-25-26-28-30-32-34-36-38-40-42-44-51(56)61-45-48(54)46-62-64(59,60)63-47-49(52(57)58)53-50(55)43-41-39-37-35-33-31-29-27-20-18-16-14-12-10-8-6-4-2/h11-14,17-20,22-23,25-26,48-49,54H,3-10,15-16,21,24,27-47H2,1-2H3,(H,53,55)(H,57,58)(H,59,60)/b13-11-,14-12-,19-17-,20-18-,23-22-,26-25-. The number of ether oxygens (including phenoxy) is 1. The van der Waals surface area contributed by atoms with Crippen molar-refractivity contribution >= 4 is 25.7 Å². The molecule has 4 N–H and O–H groups in total. The molecule has 0 aromatic carbocycles. The zero-order valence-corrected chi connectivity index (χ0v) is 41.0. The Labute approximate surface area is 389 Å². The van der Waals surface area contributed by atoms with Crippen molar-refractivity contribution in [3.8, 4) is 0 Å². The van der Waals surface area contributed by atoms with Crippen molar-refractivity contribution in [1.29, 1.82) is 0 Å². The number of phosphoric acid groups is 1. The lowest BCUT2D eigenvalue weighted by atomic mass is 10.1. The molecule has 64 heavy (non-hydrogen) atoms. The lowest BCUT2D eigenvalue weighted by Crippen LogP contribution is -2.43. The number of esters is 1. The Morgan fingerprint density at radius 2 is 0.859 bits per heavy atom. The maximum absolute atomic E-state index is 12.3. The van der Waals surface area contributed by atoms with Crippen LogP contribution >= 0.6 is 7.82 Å². The number of aliphatic carboxylic acids is 1. The molecule has 0 aromatic heterocycles. The first-order valence-electron chi connectivity index (χ1n) is 25.0. The molecule has 0 rings (SSSR count). The van der Waals surface area contributed by atoms with Crippen molar-refractivity contribution in [3.05, 3.63) is 72.9 Å². The van der Waals surface area contributed by atoms with Crippen LogP contribution in [0.25, 0.3) is 0 Å². The second kappa shape index (κ2) is 46.4. The summed E-state index contributed by atoms with van der Waals surface area (Å²) in [7, 11) is -4.77. The Morgan fingerprint density at radius 3 is 1.28 bits per heavy atom. The molecule has 0 radical (unpaired) electrons. The molecule has 3 unspecified atom stereocenters. The van der Waals surface area contributed by atoms with Gasteiger partial charge in [0.15, 0.2) is 6.04 Å². The molecule has 12 heteroatoms. The topological polar surface area (TPSA) is 169 Å². The third-order valence-corrected chi connectivity index (χ3v) is 11.4. The highest BCUT2D eigenvalue weighted by Gasteiger charge is 2.28. The van der Waals surface area contributed by atoms with Crippen LogP contribution < -0.4 is 5.32 Å². The van der Waals surface area contributed by atoms with Crippen LogP contribution in [0.1, 0.15) is 206 Å². The molecule has 0 bridgehead atoms. The van der Waals surface area contributed by atoms with E-state index in [2.05, 4.69) is 92.1 Å². The number of unbranched alkanes of at least 4 members (excludes halogenated alkanes) is 20.